The van der Waals surface area contributed by atoms with Crippen molar-refractivity contribution in [2.45, 2.75) is 29.8 Å². The first kappa shape index (κ1) is 21.3. The number of sulfonamides is 1. The lowest BCUT2D eigenvalue weighted by atomic mass is 10.2. The van der Waals surface area contributed by atoms with Gasteiger partial charge in [0, 0.05) is 18.2 Å². The Bertz CT molecular complexity index is 1020. The van der Waals surface area contributed by atoms with E-state index in [1.807, 2.05) is 0 Å². The zero-order chi connectivity index (χ0) is 20.7. The Hall–Kier alpha value is -1.37. The van der Waals surface area contributed by atoms with E-state index in [1.165, 1.54) is 26.4 Å². The molecule has 0 radical (unpaired) electrons. The maximum absolute atomic E-state index is 13.6. The molecule has 0 aromatic heterocycles. The zero-order valence-corrected chi connectivity index (χ0v) is 18.0. The highest BCUT2D eigenvalue weighted by Crippen LogP contribution is 2.36. The van der Waals surface area contributed by atoms with Gasteiger partial charge in [0.05, 0.1) is 37.2 Å². The zero-order valence-electron chi connectivity index (χ0n) is 15.6. The lowest BCUT2D eigenvalue weighted by Gasteiger charge is -2.32. The summed E-state index contributed by atoms with van der Waals surface area (Å²) in [5.41, 5.74) is 0. The van der Waals surface area contributed by atoms with Crippen molar-refractivity contribution < 1.29 is 34.7 Å². The van der Waals surface area contributed by atoms with Gasteiger partial charge in [0.25, 0.3) is 0 Å². The van der Waals surface area contributed by atoms with E-state index in [0.717, 1.165) is 4.31 Å². The minimum absolute atomic E-state index is 0.0764. The van der Waals surface area contributed by atoms with Gasteiger partial charge in [0.15, 0.2) is 19.7 Å². The van der Waals surface area contributed by atoms with Crippen molar-refractivity contribution in [2.24, 2.45) is 0 Å². The average Bonchev–Trinajstić information content (AvgIpc) is 3.15. The summed E-state index contributed by atoms with van der Waals surface area (Å²) in [5.74, 6) is -0.536. The highest BCUT2D eigenvalue weighted by Gasteiger charge is 2.46. The third kappa shape index (κ3) is 4.14. The van der Waals surface area contributed by atoms with Gasteiger partial charge in [-0.1, -0.05) is 0 Å². The second-order valence-electron chi connectivity index (χ2n) is 6.97. The molecule has 0 bridgehead atoms. The van der Waals surface area contributed by atoms with Crippen LogP contribution >= 0.6 is 0 Å². The van der Waals surface area contributed by atoms with Gasteiger partial charge in [-0.15, -0.1) is 0 Å². The first-order chi connectivity index (χ1) is 13.0. The highest BCUT2D eigenvalue weighted by atomic mass is 32.2. The van der Waals surface area contributed by atoms with E-state index in [1.54, 1.807) is 6.07 Å². The highest BCUT2D eigenvalue weighted by molar-refractivity contribution is 7.92. The van der Waals surface area contributed by atoms with Crippen LogP contribution < -0.4 is 9.47 Å². The molecule has 0 saturated carbocycles. The van der Waals surface area contributed by atoms with Crippen molar-refractivity contribution in [1.82, 2.24) is 4.31 Å². The molecular formula is C16H23NO8S3. The molecule has 0 amide bonds. The van der Waals surface area contributed by atoms with Crippen molar-refractivity contribution in [3.63, 3.8) is 0 Å². The van der Waals surface area contributed by atoms with E-state index >= 15 is 0 Å². The molecule has 0 spiro atoms. The summed E-state index contributed by atoms with van der Waals surface area (Å²) in [5, 5.41) is 0. The number of methoxy groups -OCH3 is 2. The first-order valence-electron chi connectivity index (χ1n) is 8.65. The fourth-order valence-electron chi connectivity index (χ4n) is 3.74. The van der Waals surface area contributed by atoms with Crippen molar-refractivity contribution in [2.75, 3.05) is 37.2 Å². The maximum atomic E-state index is 13.6. The van der Waals surface area contributed by atoms with Crippen LogP contribution in [-0.2, 0) is 29.7 Å². The molecule has 0 N–H and O–H groups in total. The van der Waals surface area contributed by atoms with E-state index in [9.17, 15) is 25.3 Å². The second-order valence-corrected chi connectivity index (χ2v) is 13.2. The molecule has 2 aliphatic heterocycles. The van der Waals surface area contributed by atoms with Gasteiger partial charge in [-0.05, 0) is 25.0 Å². The van der Waals surface area contributed by atoms with Gasteiger partial charge in [-0.2, -0.15) is 4.31 Å². The minimum atomic E-state index is -4.24. The SMILES string of the molecule is COc1ccc(OC)c(S(=O)(=O)N([C@@H]2CCS(=O)(=O)C2)[C@H]2CCS(=O)(=O)C2)c1. The van der Waals surface area contributed by atoms with Gasteiger partial charge in [0.1, 0.15) is 16.4 Å². The normalized spacial score (nSPS) is 26.4. The number of hydrogen-bond acceptors (Lipinski definition) is 8. The number of benzene rings is 1. The number of ether oxygens (including phenoxy) is 2. The van der Waals surface area contributed by atoms with Crippen molar-refractivity contribution in [3.8, 4) is 11.5 Å². The van der Waals surface area contributed by atoms with E-state index in [-0.39, 0.29) is 52.2 Å². The summed E-state index contributed by atoms with van der Waals surface area (Å²) in [7, 11) is -8.29. The van der Waals surface area contributed by atoms with Gasteiger partial charge in [0.2, 0.25) is 10.0 Å². The van der Waals surface area contributed by atoms with Crippen LogP contribution in [0.4, 0.5) is 0 Å². The quantitative estimate of drug-likeness (QED) is 0.593. The largest absolute Gasteiger partial charge is 0.497 e. The van der Waals surface area contributed by atoms with Crippen molar-refractivity contribution in [1.29, 1.82) is 0 Å². The topological polar surface area (TPSA) is 124 Å². The monoisotopic (exact) mass is 453 g/mol. The van der Waals surface area contributed by atoms with Crippen LogP contribution in [0.2, 0.25) is 0 Å². The van der Waals surface area contributed by atoms with Crippen LogP contribution in [0.1, 0.15) is 12.8 Å². The molecule has 2 aliphatic rings. The van der Waals surface area contributed by atoms with Crippen LogP contribution in [0.25, 0.3) is 0 Å². The Labute approximate surface area is 165 Å². The molecule has 2 atom stereocenters. The number of hydrogen-bond donors (Lipinski definition) is 0. The molecule has 2 heterocycles. The molecule has 0 unspecified atom stereocenters. The summed E-state index contributed by atoms with van der Waals surface area (Å²) < 4.78 is 86.5. The Morgan fingerprint density at radius 3 is 1.86 bits per heavy atom. The minimum Gasteiger partial charge on any atom is -0.497 e. The summed E-state index contributed by atoms with van der Waals surface area (Å²) in [6.45, 7) is 0. The smallest absolute Gasteiger partial charge is 0.247 e. The third-order valence-corrected chi connectivity index (χ3v) is 10.6. The molecule has 3 rings (SSSR count). The second kappa shape index (κ2) is 7.47. The summed E-state index contributed by atoms with van der Waals surface area (Å²) in [6, 6.07) is 2.66. The Balaban J connectivity index is 2.12. The van der Waals surface area contributed by atoms with Gasteiger partial charge in [-0.25, -0.2) is 25.3 Å². The number of sulfone groups is 2. The average molecular weight is 454 g/mol. The van der Waals surface area contributed by atoms with E-state index < -0.39 is 41.8 Å². The molecule has 12 heteroatoms. The molecule has 158 valence electrons. The summed E-state index contributed by atoms with van der Waals surface area (Å²) in [6.07, 6.45) is 0.259. The van der Waals surface area contributed by atoms with E-state index in [4.69, 9.17) is 9.47 Å². The van der Waals surface area contributed by atoms with Crippen molar-refractivity contribution in [3.05, 3.63) is 18.2 Å². The van der Waals surface area contributed by atoms with Gasteiger partial charge >= 0.3 is 0 Å². The Morgan fingerprint density at radius 1 is 0.929 bits per heavy atom. The lowest BCUT2D eigenvalue weighted by Crippen LogP contribution is -2.48. The number of rotatable bonds is 6. The summed E-state index contributed by atoms with van der Waals surface area (Å²) >= 11 is 0. The van der Waals surface area contributed by atoms with Crippen molar-refractivity contribution >= 4 is 29.7 Å². The summed E-state index contributed by atoms with van der Waals surface area (Å²) in [4.78, 5) is -0.178. The number of nitrogens with zero attached hydrogens (tertiary/aromatic N) is 1. The van der Waals surface area contributed by atoms with E-state index in [0.29, 0.717) is 0 Å². The Morgan fingerprint density at radius 2 is 1.46 bits per heavy atom. The lowest BCUT2D eigenvalue weighted by molar-refractivity contribution is 0.278. The maximum Gasteiger partial charge on any atom is 0.247 e. The predicted octanol–water partition coefficient (Wildman–Crippen LogP) is 0.0687. The molecule has 9 nitrogen and oxygen atoms in total. The molecular weight excluding hydrogens is 430 g/mol. The van der Waals surface area contributed by atoms with Crippen LogP contribution in [-0.4, -0.2) is 78.9 Å². The molecule has 2 fully saturated rings. The van der Waals surface area contributed by atoms with Crippen LogP contribution in [0.15, 0.2) is 23.1 Å². The predicted molar refractivity (Wildman–Crippen MR) is 103 cm³/mol. The van der Waals surface area contributed by atoms with Crippen LogP contribution in [0.5, 0.6) is 11.5 Å². The van der Waals surface area contributed by atoms with Crippen LogP contribution in [0.3, 0.4) is 0 Å². The van der Waals surface area contributed by atoms with Gasteiger partial charge in [-0.3, -0.25) is 0 Å². The standard InChI is InChI=1S/C16H23NO8S3/c1-24-14-3-4-15(25-2)16(9-14)28(22,23)17(12-5-7-26(18,19)10-12)13-6-8-27(20,21)11-13/h3-4,9,12-13H,5-8,10-11H2,1-2H3/t12-,13+. The first-order valence-corrected chi connectivity index (χ1v) is 13.7. The van der Waals surface area contributed by atoms with Gasteiger partial charge < -0.3 is 9.47 Å². The molecule has 0 aliphatic carbocycles. The fraction of sp³-hybridized carbons (Fsp3) is 0.625. The molecule has 2 saturated heterocycles. The molecule has 1 aromatic carbocycles. The molecule has 1 aromatic rings. The third-order valence-electron chi connectivity index (χ3n) is 5.06. The van der Waals surface area contributed by atoms with Crippen LogP contribution in [0, 0.1) is 0 Å². The fourth-order valence-corrected chi connectivity index (χ4v) is 9.40. The van der Waals surface area contributed by atoms with E-state index in [2.05, 4.69) is 0 Å². The molecule has 28 heavy (non-hydrogen) atoms. The Kier molecular flexibility index (Phi) is 5.69.